The lowest BCUT2D eigenvalue weighted by atomic mass is 10.1. The van der Waals surface area contributed by atoms with Crippen LogP contribution in [-0.4, -0.2) is 18.6 Å². The third-order valence-corrected chi connectivity index (χ3v) is 3.78. The Morgan fingerprint density at radius 3 is 2.48 bits per heavy atom. The summed E-state index contributed by atoms with van der Waals surface area (Å²) in [5.74, 6) is 1.18. The van der Waals surface area contributed by atoms with E-state index in [1.807, 2.05) is 50.2 Å². The van der Waals surface area contributed by atoms with Crippen molar-refractivity contribution in [2.45, 2.75) is 46.6 Å². The molecule has 0 radical (unpaired) electrons. The zero-order chi connectivity index (χ0) is 18.2. The number of para-hydroxylation sites is 2. The Labute approximate surface area is 150 Å². The Balaban J connectivity index is 2.01. The molecule has 0 saturated carbocycles. The molecule has 2 rings (SSSR count). The molecule has 0 saturated heterocycles. The number of carbonyl (C=O) groups excluding carboxylic acids is 1. The lowest BCUT2D eigenvalue weighted by Gasteiger charge is -2.17. The molecule has 25 heavy (non-hydrogen) atoms. The quantitative estimate of drug-likeness (QED) is 0.696. The van der Waals surface area contributed by atoms with Crippen LogP contribution in [0.25, 0.3) is 0 Å². The van der Waals surface area contributed by atoms with Gasteiger partial charge in [-0.3, -0.25) is 4.79 Å². The molecular weight excluding hydrogens is 314 g/mol. The molecule has 0 aliphatic rings. The number of hydrogen-bond acceptors (Lipinski definition) is 3. The van der Waals surface area contributed by atoms with Gasteiger partial charge in [0.05, 0.1) is 12.3 Å². The smallest absolute Gasteiger partial charge is 0.265 e. The Morgan fingerprint density at radius 1 is 1.12 bits per heavy atom. The van der Waals surface area contributed by atoms with Gasteiger partial charge in [-0.15, -0.1) is 0 Å². The summed E-state index contributed by atoms with van der Waals surface area (Å²) < 4.78 is 11.5. The van der Waals surface area contributed by atoms with Crippen molar-refractivity contribution in [1.29, 1.82) is 0 Å². The first-order chi connectivity index (χ1) is 12.0. The molecule has 0 fully saturated rings. The zero-order valence-electron chi connectivity index (χ0n) is 15.5. The minimum Gasteiger partial charge on any atom is -0.491 e. The molecule has 0 spiro atoms. The van der Waals surface area contributed by atoms with E-state index in [0.717, 1.165) is 24.0 Å². The fourth-order valence-corrected chi connectivity index (χ4v) is 2.52. The molecule has 1 atom stereocenters. The van der Waals surface area contributed by atoms with E-state index in [4.69, 9.17) is 9.47 Å². The van der Waals surface area contributed by atoms with Crippen LogP contribution in [0.1, 0.15) is 37.8 Å². The second-order valence-electron chi connectivity index (χ2n) is 6.27. The highest BCUT2D eigenvalue weighted by molar-refractivity contribution is 5.95. The van der Waals surface area contributed by atoms with E-state index in [2.05, 4.69) is 18.3 Å². The number of amides is 1. The fourth-order valence-electron chi connectivity index (χ4n) is 2.52. The van der Waals surface area contributed by atoms with Gasteiger partial charge in [-0.25, -0.2) is 0 Å². The number of nitrogens with one attached hydrogen (secondary N) is 1. The maximum absolute atomic E-state index is 12.5. The Morgan fingerprint density at radius 2 is 1.80 bits per heavy atom. The number of anilines is 1. The maximum atomic E-state index is 12.5. The lowest BCUT2D eigenvalue weighted by Crippen LogP contribution is -2.30. The van der Waals surface area contributed by atoms with Crippen LogP contribution >= 0.6 is 0 Å². The first kappa shape index (κ1) is 18.8. The average Bonchev–Trinajstić information content (AvgIpc) is 2.55. The molecule has 2 aromatic carbocycles. The van der Waals surface area contributed by atoms with Crippen LogP contribution in [0.3, 0.4) is 0 Å². The van der Waals surface area contributed by atoms with Crippen molar-refractivity contribution in [3.05, 3.63) is 53.6 Å². The molecule has 0 aliphatic heterocycles. The highest BCUT2D eigenvalue weighted by atomic mass is 16.5. The summed E-state index contributed by atoms with van der Waals surface area (Å²) in [5, 5.41) is 2.90. The number of unbranched alkanes of at least 4 members (excludes halogenated alkanes) is 1. The summed E-state index contributed by atoms with van der Waals surface area (Å²) in [6.45, 7) is 8.51. The maximum Gasteiger partial charge on any atom is 0.265 e. The second-order valence-corrected chi connectivity index (χ2v) is 6.27. The largest absolute Gasteiger partial charge is 0.491 e. The van der Waals surface area contributed by atoms with E-state index >= 15 is 0 Å². The minimum absolute atomic E-state index is 0.203. The molecule has 0 aliphatic carbocycles. The predicted octanol–water partition coefficient (Wildman–Crippen LogP) is 4.89. The number of aryl methyl sites for hydroxylation is 2. The SMILES string of the molecule is CCCCOc1ccccc1NC(=O)C(C)Oc1cc(C)cc(C)c1. The Kier molecular flexibility index (Phi) is 6.87. The molecular formula is C21H27NO3. The van der Waals surface area contributed by atoms with Gasteiger partial charge in [0, 0.05) is 0 Å². The van der Waals surface area contributed by atoms with Gasteiger partial charge in [-0.05, 0) is 62.6 Å². The van der Waals surface area contributed by atoms with E-state index in [0.29, 0.717) is 23.8 Å². The number of carbonyl (C=O) groups is 1. The topological polar surface area (TPSA) is 47.6 Å². The predicted molar refractivity (Wildman–Crippen MR) is 101 cm³/mol. The fraction of sp³-hybridized carbons (Fsp3) is 0.381. The molecule has 0 bridgehead atoms. The van der Waals surface area contributed by atoms with Crippen molar-refractivity contribution in [3.8, 4) is 11.5 Å². The van der Waals surface area contributed by atoms with Crippen LogP contribution in [0.4, 0.5) is 5.69 Å². The zero-order valence-corrected chi connectivity index (χ0v) is 15.5. The molecule has 0 heterocycles. The summed E-state index contributed by atoms with van der Waals surface area (Å²) in [5.41, 5.74) is 2.88. The molecule has 134 valence electrons. The average molecular weight is 341 g/mol. The summed E-state index contributed by atoms with van der Waals surface area (Å²) in [6.07, 6.45) is 1.44. The third-order valence-electron chi connectivity index (χ3n) is 3.78. The number of ether oxygens (including phenoxy) is 2. The van der Waals surface area contributed by atoms with E-state index < -0.39 is 6.10 Å². The summed E-state index contributed by atoms with van der Waals surface area (Å²) in [6, 6.07) is 13.4. The molecule has 4 heteroatoms. The van der Waals surface area contributed by atoms with E-state index in [9.17, 15) is 4.79 Å². The molecule has 2 aromatic rings. The number of benzene rings is 2. The van der Waals surface area contributed by atoms with Crippen LogP contribution < -0.4 is 14.8 Å². The summed E-state index contributed by atoms with van der Waals surface area (Å²) in [4.78, 5) is 12.5. The minimum atomic E-state index is -0.607. The van der Waals surface area contributed by atoms with Gasteiger partial charge in [0.25, 0.3) is 5.91 Å². The van der Waals surface area contributed by atoms with Crippen LogP contribution in [0.15, 0.2) is 42.5 Å². The normalized spacial score (nSPS) is 11.7. The van der Waals surface area contributed by atoms with Gasteiger partial charge in [-0.2, -0.15) is 0 Å². The first-order valence-electron chi connectivity index (χ1n) is 8.77. The Bertz CT molecular complexity index is 692. The van der Waals surface area contributed by atoms with Crippen molar-refractivity contribution >= 4 is 11.6 Å². The van der Waals surface area contributed by atoms with Crippen molar-refractivity contribution < 1.29 is 14.3 Å². The number of rotatable bonds is 8. The van der Waals surface area contributed by atoms with Gasteiger partial charge >= 0.3 is 0 Å². The van der Waals surface area contributed by atoms with Crippen LogP contribution in [0.5, 0.6) is 11.5 Å². The van der Waals surface area contributed by atoms with E-state index in [-0.39, 0.29) is 5.91 Å². The summed E-state index contributed by atoms with van der Waals surface area (Å²) >= 11 is 0. The van der Waals surface area contributed by atoms with Crippen LogP contribution in [0, 0.1) is 13.8 Å². The van der Waals surface area contributed by atoms with Gasteiger partial charge < -0.3 is 14.8 Å². The van der Waals surface area contributed by atoms with E-state index in [1.54, 1.807) is 6.92 Å². The molecule has 0 aromatic heterocycles. The summed E-state index contributed by atoms with van der Waals surface area (Å²) in [7, 11) is 0. The lowest BCUT2D eigenvalue weighted by molar-refractivity contribution is -0.122. The van der Waals surface area contributed by atoms with Gasteiger partial charge in [0.15, 0.2) is 6.10 Å². The third kappa shape index (κ3) is 5.82. The van der Waals surface area contributed by atoms with Crippen LogP contribution in [-0.2, 0) is 4.79 Å². The highest BCUT2D eigenvalue weighted by Crippen LogP contribution is 2.25. The monoisotopic (exact) mass is 341 g/mol. The number of hydrogen-bond donors (Lipinski definition) is 1. The van der Waals surface area contributed by atoms with Gasteiger partial charge in [-0.1, -0.05) is 31.5 Å². The van der Waals surface area contributed by atoms with Crippen LogP contribution in [0.2, 0.25) is 0 Å². The van der Waals surface area contributed by atoms with Crippen molar-refractivity contribution in [1.82, 2.24) is 0 Å². The Hall–Kier alpha value is -2.49. The van der Waals surface area contributed by atoms with E-state index in [1.165, 1.54) is 0 Å². The first-order valence-corrected chi connectivity index (χ1v) is 8.77. The molecule has 1 unspecified atom stereocenters. The molecule has 1 N–H and O–H groups in total. The van der Waals surface area contributed by atoms with Gasteiger partial charge in [0.2, 0.25) is 0 Å². The highest BCUT2D eigenvalue weighted by Gasteiger charge is 2.17. The second kappa shape index (κ2) is 9.11. The van der Waals surface area contributed by atoms with Crippen molar-refractivity contribution in [2.24, 2.45) is 0 Å². The molecule has 4 nitrogen and oxygen atoms in total. The van der Waals surface area contributed by atoms with Crippen molar-refractivity contribution in [3.63, 3.8) is 0 Å². The van der Waals surface area contributed by atoms with Gasteiger partial charge in [0.1, 0.15) is 11.5 Å². The van der Waals surface area contributed by atoms with Crippen molar-refractivity contribution in [2.75, 3.05) is 11.9 Å². The molecule has 1 amide bonds. The standard InChI is InChI=1S/C21H27NO3/c1-5-6-11-24-20-10-8-7-9-19(20)22-21(23)17(4)25-18-13-15(2)12-16(3)14-18/h7-10,12-14,17H,5-6,11H2,1-4H3,(H,22,23).